The fraction of sp³-hybridized carbons (Fsp3) is 0.250. The van der Waals surface area contributed by atoms with E-state index in [9.17, 15) is 4.79 Å². The summed E-state index contributed by atoms with van der Waals surface area (Å²) in [5.74, 6) is 1.13. The molecule has 5 heteroatoms. The number of hydrogen-bond acceptors (Lipinski definition) is 5. The summed E-state index contributed by atoms with van der Waals surface area (Å²) in [5.41, 5.74) is 0. The van der Waals surface area contributed by atoms with Gasteiger partial charge in [0.15, 0.2) is 13.2 Å². The van der Waals surface area contributed by atoms with E-state index in [4.69, 9.17) is 18.3 Å². The van der Waals surface area contributed by atoms with Crippen LogP contribution >= 0.6 is 0 Å². The van der Waals surface area contributed by atoms with Gasteiger partial charge in [-0.2, -0.15) is 0 Å². The van der Waals surface area contributed by atoms with Crippen LogP contribution in [0.5, 0.6) is 0 Å². The van der Waals surface area contributed by atoms with E-state index in [-0.39, 0.29) is 20.6 Å². The van der Waals surface area contributed by atoms with Gasteiger partial charge in [-0.25, -0.2) is 4.79 Å². The van der Waals surface area contributed by atoms with Crippen molar-refractivity contribution in [3.8, 4) is 0 Å². The minimum absolute atomic E-state index is 0. The van der Waals surface area contributed by atoms with Crippen molar-refractivity contribution < 1.29 is 23.1 Å². The van der Waals surface area contributed by atoms with Crippen molar-refractivity contribution in [1.29, 1.82) is 0 Å². The number of rotatable bonds is 4. The summed E-state index contributed by atoms with van der Waals surface area (Å²) < 4.78 is 19.5. The minimum Gasteiger partial charge on any atom is -0.466 e. The van der Waals surface area contributed by atoms with E-state index in [0.29, 0.717) is 11.5 Å². The highest BCUT2D eigenvalue weighted by Crippen LogP contribution is 2.05. The summed E-state index contributed by atoms with van der Waals surface area (Å²) in [6.45, 7) is 0.119. The van der Waals surface area contributed by atoms with Crippen molar-refractivity contribution in [2.45, 2.75) is 20.6 Å². The van der Waals surface area contributed by atoms with Gasteiger partial charge < -0.3 is 18.3 Å². The highest BCUT2D eigenvalue weighted by molar-refractivity contribution is 5.59. The van der Waals surface area contributed by atoms with Crippen LogP contribution < -0.4 is 0 Å². The fourth-order valence-electron chi connectivity index (χ4n) is 1.09. The van der Waals surface area contributed by atoms with E-state index in [1.54, 1.807) is 24.3 Å². The normalized spacial score (nSPS) is 9.41. The molecule has 0 atom stereocenters. The molecule has 0 saturated heterocycles. The van der Waals surface area contributed by atoms with Gasteiger partial charge in [-0.15, -0.1) is 0 Å². The molecular formula is C12H14O5. The second kappa shape index (κ2) is 6.42. The van der Waals surface area contributed by atoms with E-state index < -0.39 is 6.16 Å². The lowest BCUT2D eigenvalue weighted by Gasteiger charge is -2.02. The molecule has 0 N–H and O–H groups in total. The van der Waals surface area contributed by atoms with E-state index in [0.717, 1.165) is 0 Å². The standard InChI is InChI=1S/C11H10O5.CH4/c12-11(15-7-9-3-1-5-13-9)16-8-10-4-2-6-14-10;/h1-6H,7-8H2;1H4. The number of furan rings is 2. The molecule has 0 saturated carbocycles. The molecule has 2 aromatic rings. The molecule has 92 valence electrons. The Balaban J connectivity index is 0.00000144. The molecule has 0 radical (unpaired) electrons. The first kappa shape index (κ1) is 12.9. The van der Waals surface area contributed by atoms with Gasteiger partial charge in [0.2, 0.25) is 0 Å². The zero-order valence-electron chi connectivity index (χ0n) is 8.42. The minimum atomic E-state index is -0.757. The number of carbonyl (C=O) groups excluding carboxylic acids is 1. The molecule has 0 aliphatic carbocycles. The van der Waals surface area contributed by atoms with Crippen LogP contribution in [-0.4, -0.2) is 6.16 Å². The largest absolute Gasteiger partial charge is 0.509 e. The average molecular weight is 238 g/mol. The zero-order valence-corrected chi connectivity index (χ0v) is 8.42. The van der Waals surface area contributed by atoms with Crippen LogP contribution in [0.2, 0.25) is 0 Å². The summed E-state index contributed by atoms with van der Waals surface area (Å²) in [7, 11) is 0. The average Bonchev–Trinajstić information content (AvgIpc) is 2.96. The third kappa shape index (κ3) is 4.06. The first-order valence-corrected chi connectivity index (χ1v) is 4.69. The van der Waals surface area contributed by atoms with Crippen LogP contribution in [0.4, 0.5) is 4.79 Å². The molecule has 0 aliphatic rings. The highest BCUT2D eigenvalue weighted by atomic mass is 16.7. The maximum absolute atomic E-state index is 11.1. The van der Waals surface area contributed by atoms with E-state index >= 15 is 0 Å². The number of hydrogen-bond donors (Lipinski definition) is 0. The van der Waals surface area contributed by atoms with Crippen LogP contribution in [0, 0.1) is 0 Å². The van der Waals surface area contributed by atoms with Gasteiger partial charge in [-0.1, -0.05) is 7.43 Å². The van der Waals surface area contributed by atoms with Crippen molar-refractivity contribution in [2.24, 2.45) is 0 Å². The predicted molar refractivity (Wildman–Crippen MR) is 59.1 cm³/mol. The van der Waals surface area contributed by atoms with Crippen molar-refractivity contribution in [3.05, 3.63) is 48.3 Å². The van der Waals surface area contributed by atoms with Gasteiger partial charge >= 0.3 is 6.16 Å². The summed E-state index contributed by atoms with van der Waals surface area (Å²) in [6, 6.07) is 6.85. The van der Waals surface area contributed by atoms with Gasteiger partial charge in [0.05, 0.1) is 12.5 Å². The number of ether oxygens (including phenoxy) is 2. The SMILES string of the molecule is C.O=C(OCc1ccco1)OCc1ccco1. The van der Waals surface area contributed by atoms with Gasteiger partial charge in [-0.3, -0.25) is 0 Å². The van der Waals surface area contributed by atoms with Crippen molar-refractivity contribution in [2.75, 3.05) is 0 Å². The predicted octanol–water partition coefficient (Wildman–Crippen LogP) is 3.36. The Morgan fingerprint density at radius 2 is 1.47 bits per heavy atom. The topological polar surface area (TPSA) is 61.8 Å². The van der Waals surface area contributed by atoms with Crippen LogP contribution in [0.15, 0.2) is 45.6 Å². The Kier molecular flexibility index (Phi) is 4.87. The van der Waals surface area contributed by atoms with Gasteiger partial charge in [0.1, 0.15) is 11.5 Å². The lowest BCUT2D eigenvalue weighted by atomic mass is 10.5. The summed E-state index contributed by atoms with van der Waals surface area (Å²) >= 11 is 0. The van der Waals surface area contributed by atoms with Crippen molar-refractivity contribution >= 4 is 6.16 Å². The van der Waals surface area contributed by atoms with Crippen LogP contribution in [0.3, 0.4) is 0 Å². The Labute approximate surface area is 98.9 Å². The summed E-state index contributed by atoms with van der Waals surface area (Å²) in [4.78, 5) is 11.1. The molecular weight excluding hydrogens is 224 g/mol. The molecule has 0 aliphatic heterocycles. The van der Waals surface area contributed by atoms with E-state index in [1.807, 2.05) is 0 Å². The maximum atomic E-state index is 11.1. The Hall–Kier alpha value is -2.17. The Morgan fingerprint density at radius 3 is 1.82 bits per heavy atom. The van der Waals surface area contributed by atoms with Crippen LogP contribution in [-0.2, 0) is 22.7 Å². The van der Waals surface area contributed by atoms with Gasteiger partial charge in [-0.05, 0) is 24.3 Å². The second-order valence-corrected chi connectivity index (χ2v) is 2.99. The van der Waals surface area contributed by atoms with Gasteiger partial charge in [0.25, 0.3) is 0 Å². The smallest absolute Gasteiger partial charge is 0.466 e. The van der Waals surface area contributed by atoms with Crippen LogP contribution in [0.1, 0.15) is 18.9 Å². The Morgan fingerprint density at radius 1 is 1.00 bits per heavy atom. The monoisotopic (exact) mass is 238 g/mol. The van der Waals surface area contributed by atoms with E-state index in [1.165, 1.54) is 12.5 Å². The molecule has 0 amide bonds. The summed E-state index contributed by atoms with van der Waals surface area (Å²) in [5, 5.41) is 0. The summed E-state index contributed by atoms with van der Waals surface area (Å²) in [6.07, 6.45) is 2.26. The van der Waals surface area contributed by atoms with Crippen molar-refractivity contribution in [3.63, 3.8) is 0 Å². The zero-order chi connectivity index (χ0) is 11.2. The molecule has 2 heterocycles. The highest BCUT2D eigenvalue weighted by Gasteiger charge is 2.07. The van der Waals surface area contributed by atoms with Crippen molar-refractivity contribution in [1.82, 2.24) is 0 Å². The third-order valence-corrected chi connectivity index (χ3v) is 1.82. The molecule has 0 aromatic carbocycles. The molecule has 0 fully saturated rings. The lowest BCUT2D eigenvalue weighted by molar-refractivity contribution is 0.0362. The number of carbonyl (C=O) groups is 1. The quantitative estimate of drug-likeness (QED) is 0.764. The third-order valence-electron chi connectivity index (χ3n) is 1.82. The molecule has 0 spiro atoms. The first-order valence-electron chi connectivity index (χ1n) is 4.69. The molecule has 2 rings (SSSR count). The second-order valence-electron chi connectivity index (χ2n) is 2.99. The van der Waals surface area contributed by atoms with E-state index in [2.05, 4.69) is 0 Å². The first-order chi connectivity index (χ1) is 7.84. The van der Waals surface area contributed by atoms with Gasteiger partial charge in [0, 0.05) is 0 Å². The molecule has 0 unspecified atom stereocenters. The molecule has 17 heavy (non-hydrogen) atoms. The molecule has 5 nitrogen and oxygen atoms in total. The fourth-order valence-corrected chi connectivity index (χ4v) is 1.09. The molecule has 0 bridgehead atoms. The Bertz CT molecular complexity index is 375. The maximum Gasteiger partial charge on any atom is 0.509 e. The lowest BCUT2D eigenvalue weighted by Crippen LogP contribution is -2.06. The molecule has 2 aromatic heterocycles. The van der Waals surface area contributed by atoms with Crippen LogP contribution in [0.25, 0.3) is 0 Å².